The summed E-state index contributed by atoms with van der Waals surface area (Å²) in [5.41, 5.74) is 0. The Morgan fingerprint density at radius 1 is 1.19 bits per heavy atom. The summed E-state index contributed by atoms with van der Waals surface area (Å²) in [5, 5.41) is 0. The van der Waals surface area contributed by atoms with Gasteiger partial charge in [0.1, 0.15) is 5.82 Å². The first-order valence-corrected chi connectivity index (χ1v) is 4.43. The van der Waals surface area contributed by atoms with Gasteiger partial charge in [-0.1, -0.05) is 0 Å². The maximum absolute atomic E-state index is 13.0. The number of rotatable bonds is 2. The van der Waals surface area contributed by atoms with Crippen LogP contribution in [0.5, 0.6) is 5.75 Å². The van der Waals surface area contributed by atoms with Crippen LogP contribution < -0.4 is 4.74 Å². The standard InChI is InChI=1S/C10H9F3O3/c1-5(2)15-10(14)16-9-7(12)3-6(11)4-8(9)13/h3-5H,1-2H3. The minimum Gasteiger partial charge on any atom is -0.431 e. The molecule has 0 heterocycles. The molecular formula is C10H9F3O3. The maximum Gasteiger partial charge on any atom is 0.514 e. The summed E-state index contributed by atoms with van der Waals surface area (Å²) >= 11 is 0. The summed E-state index contributed by atoms with van der Waals surface area (Å²) in [6.07, 6.45) is -1.74. The number of halogens is 3. The van der Waals surface area contributed by atoms with Crippen molar-refractivity contribution in [2.45, 2.75) is 20.0 Å². The summed E-state index contributed by atoms with van der Waals surface area (Å²) < 4.78 is 47.3. The van der Waals surface area contributed by atoms with E-state index in [1.807, 2.05) is 0 Å². The number of benzene rings is 1. The van der Waals surface area contributed by atoms with E-state index in [0.717, 1.165) is 0 Å². The Morgan fingerprint density at radius 2 is 1.69 bits per heavy atom. The largest absolute Gasteiger partial charge is 0.514 e. The predicted octanol–water partition coefficient (Wildman–Crippen LogP) is 3.03. The second-order valence-corrected chi connectivity index (χ2v) is 3.22. The quantitative estimate of drug-likeness (QED) is 0.582. The summed E-state index contributed by atoms with van der Waals surface area (Å²) in [5.74, 6) is -4.69. The van der Waals surface area contributed by atoms with E-state index >= 15 is 0 Å². The lowest BCUT2D eigenvalue weighted by atomic mass is 10.3. The van der Waals surface area contributed by atoms with Crippen molar-refractivity contribution in [1.29, 1.82) is 0 Å². The Kier molecular flexibility index (Phi) is 3.76. The zero-order chi connectivity index (χ0) is 12.3. The Hall–Kier alpha value is -1.72. The van der Waals surface area contributed by atoms with Crippen LogP contribution in [0.4, 0.5) is 18.0 Å². The van der Waals surface area contributed by atoms with Crippen molar-refractivity contribution in [3.8, 4) is 5.75 Å². The number of carbonyl (C=O) groups excluding carboxylic acids is 1. The zero-order valence-electron chi connectivity index (χ0n) is 8.59. The molecule has 0 aliphatic heterocycles. The Morgan fingerprint density at radius 3 is 2.12 bits per heavy atom. The molecule has 16 heavy (non-hydrogen) atoms. The first kappa shape index (κ1) is 12.4. The van der Waals surface area contributed by atoms with Crippen molar-refractivity contribution >= 4 is 6.16 Å². The van der Waals surface area contributed by atoms with Crippen molar-refractivity contribution in [3.63, 3.8) is 0 Å². The van der Waals surface area contributed by atoms with E-state index < -0.39 is 35.5 Å². The number of hydrogen-bond donors (Lipinski definition) is 0. The summed E-state index contributed by atoms with van der Waals surface area (Å²) in [4.78, 5) is 10.9. The first-order chi connectivity index (χ1) is 7.40. The highest BCUT2D eigenvalue weighted by Gasteiger charge is 2.18. The van der Waals surface area contributed by atoms with Gasteiger partial charge in [-0.25, -0.2) is 18.0 Å². The lowest BCUT2D eigenvalue weighted by Gasteiger charge is -2.09. The number of carbonyl (C=O) groups is 1. The third-order valence-electron chi connectivity index (χ3n) is 1.48. The second-order valence-electron chi connectivity index (χ2n) is 3.22. The number of hydrogen-bond acceptors (Lipinski definition) is 3. The first-order valence-electron chi connectivity index (χ1n) is 4.43. The second kappa shape index (κ2) is 4.87. The van der Waals surface area contributed by atoms with Crippen LogP contribution in [0.3, 0.4) is 0 Å². The Bertz CT molecular complexity index is 381. The molecule has 0 aromatic heterocycles. The SMILES string of the molecule is CC(C)OC(=O)Oc1c(F)cc(F)cc1F. The van der Waals surface area contributed by atoms with Crippen LogP contribution in [-0.4, -0.2) is 12.3 Å². The molecule has 6 heteroatoms. The van der Waals surface area contributed by atoms with E-state index in [4.69, 9.17) is 0 Å². The van der Waals surface area contributed by atoms with Crippen LogP contribution >= 0.6 is 0 Å². The summed E-state index contributed by atoms with van der Waals surface area (Å²) in [6, 6.07) is 0.808. The fourth-order valence-corrected chi connectivity index (χ4v) is 0.926. The van der Waals surface area contributed by atoms with Gasteiger partial charge in [-0.3, -0.25) is 0 Å². The molecule has 0 spiro atoms. The maximum atomic E-state index is 13.0. The average Bonchev–Trinajstić information content (AvgIpc) is 2.09. The van der Waals surface area contributed by atoms with Gasteiger partial charge in [-0.2, -0.15) is 0 Å². The monoisotopic (exact) mass is 234 g/mol. The summed E-state index contributed by atoms with van der Waals surface area (Å²) in [7, 11) is 0. The van der Waals surface area contributed by atoms with Crippen LogP contribution in [0.15, 0.2) is 12.1 Å². The van der Waals surface area contributed by atoms with Gasteiger partial charge in [-0.05, 0) is 13.8 Å². The Balaban J connectivity index is 2.85. The lowest BCUT2D eigenvalue weighted by Crippen LogP contribution is -2.17. The third-order valence-corrected chi connectivity index (χ3v) is 1.48. The molecule has 0 fully saturated rings. The topological polar surface area (TPSA) is 35.5 Å². The van der Waals surface area contributed by atoms with Crippen LogP contribution in [0.1, 0.15) is 13.8 Å². The normalized spacial score (nSPS) is 10.4. The van der Waals surface area contributed by atoms with E-state index in [2.05, 4.69) is 9.47 Å². The van der Waals surface area contributed by atoms with E-state index in [0.29, 0.717) is 12.1 Å². The zero-order valence-corrected chi connectivity index (χ0v) is 8.59. The van der Waals surface area contributed by atoms with Crippen molar-refractivity contribution in [2.24, 2.45) is 0 Å². The van der Waals surface area contributed by atoms with Crippen molar-refractivity contribution in [2.75, 3.05) is 0 Å². The highest BCUT2D eigenvalue weighted by molar-refractivity contribution is 5.64. The van der Waals surface area contributed by atoms with Gasteiger partial charge in [0.2, 0.25) is 5.75 Å². The molecule has 88 valence electrons. The van der Waals surface area contributed by atoms with Gasteiger partial charge in [-0.15, -0.1) is 0 Å². The molecule has 1 rings (SSSR count). The minimum atomic E-state index is -1.31. The van der Waals surface area contributed by atoms with Gasteiger partial charge in [0, 0.05) is 12.1 Å². The molecule has 0 radical (unpaired) electrons. The third kappa shape index (κ3) is 3.15. The van der Waals surface area contributed by atoms with Gasteiger partial charge < -0.3 is 9.47 Å². The van der Waals surface area contributed by atoms with Crippen LogP contribution in [0, 0.1) is 17.5 Å². The molecule has 0 saturated carbocycles. The molecule has 0 aliphatic rings. The van der Waals surface area contributed by atoms with Gasteiger partial charge >= 0.3 is 6.16 Å². The molecule has 0 atom stereocenters. The smallest absolute Gasteiger partial charge is 0.431 e. The van der Waals surface area contributed by atoms with Gasteiger partial charge in [0.25, 0.3) is 0 Å². The van der Waals surface area contributed by atoms with Crippen LogP contribution in [0.2, 0.25) is 0 Å². The molecular weight excluding hydrogens is 225 g/mol. The fourth-order valence-electron chi connectivity index (χ4n) is 0.926. The molecule has 0 N–H and O–H groups in total. The van der Waals surface area contributed by atoms with Gasteiger partial charge in [0.05, 0.1) is 6.10 Å². The molecule has 0 unspecified atom stereocenters. The molecule has 1 aromatic carbocycles. The Labute approximate surface area is 89.8 Å². The van der Waals surface area contributed by atoms with Gasteiger partial charge in [0.15, 0.2) is 11.6 Å². The molecule has 0 bridgehead atoms. The number of ether oxygens (including phenoxy) is 2. The molecule has 0 saturated heterocycles. The van der Waals surface area contributed by atoms with Crippen molar-refractivity contribution < 1.29 is 27.4 Å². The van der Waals surface area contributed by atoms with Crippen molar-refractivity contribution in [3.05, 3.63) is 29.6 Å². The van der Waals surface area contributed by atoms with Crippen LogP contribution in [-0.2, 0) is 4.74 Å². The van der Waals surface area contributed by atoms with Crippen molar-refractivity contribution in [1.82, 2.24) is 0 Å². The fraction of sp³-hybridized carbons (Fsp3) is 0.300. The average molecular weight is 234 g/mol. The molecule has 1 aromatic rings. The van der Waals surface area contributed by atoms with E-state index in [1.165, 1.54) is 0 Å². The highest BCUT2D eigenvalue weighted by Crippen LogP contribution is 2.23. The van der Waals surface area contributed by atoms with E-state index in [-0.39, 0.29) is 0 Å². The molecule has 0 amide bonds. The molecule has 3 nitrogen and oxygen atoms in total. The van der Waals surface area contributed by atoms with E-state index in [9.17, 15) is 18.0 Å². The highest BCUT2D eigenvalue weighted by atomic mass is 19.1. The summed E-state index contributed by atoms with van der Waals surface area (Å²) in [6.45, 7) is 3.08. The lowest BCUT2D eigenvalue weighted by molar-refractivity contribution is 0.0702. The van der Waals surface area contributed by atoms with Crippen LogP contribution in [0.25, 0.3) is 0 Å². The minimum absolute atomic E-state index is 0.404. The molecule has 0 aliphatic carbocycles. The van der Waals surface area contributed by atoms with E-state index in [1.54, 1.807) is 13.8 Å². The predicted molar refractivity (Wildman–Crippen MR) is 48.6 cm³/mol.